The van der Waals surface area contributed by atoms with Crippen LogP contribution in [0.2, 0.25) is 5.02 Å². The molecule has 1 aromatic carbocycles. The molecule has 10 heteroatoms. The Hall–Kier alpha value is -2.78. The average Bonchev–Trinajstić information content (AvgIpc) is 3.31. The zero-order valence-corrected chi connectivity index (χ0v) is 16.3. The van der Waals surface area contributed by atoms with Gasteiger partial charge in [-0.15, -0.1) is 0 Å². The van der Waals surface area contributed by atoms with E-state index in [0.29, 0.717) is 10.4 Å². The Balaban J connectivity index is 1.89. The maximum atomic E-state index is 13.7. The largest absolute Gasteiger partial charge is 0.468 e. The Bertz CT molecular complexity index is 984. The predicted molar refractivity (Wildman–Crippen MR) is 101 cm³/mol. The van der Waals surface area contributed by atoms with E-state index in [2.05, 4.69) is 10.4 Å². The minimum Gasteiger partial charge on any atom is -0.468 e. The summed E-state index contributed by atoms with van der Waals surface area (Å²) < 4.78 is 47.2. The van der Waals surface area contributed by atoms with Crippen LogP contribution in [0.3, 0.4) is 0 Å². The Labute approximate surface area is 169 Å². The van der Waals surface area contributed by atoms with Crippen LogP contribution in [0.25, 0.3) is 5.69 Å². The number of aromatic nitrogens is 2. The van der Waals surface area contributed by atoms with Crippen molar-refractivity contribution in [3.63, 3.8) is 0 Å². The lowest BCUT2D eigenvalue weighted by molar-refractivity contribution is -0.143. The molecule has 0 bridgehead atoms. The zero-order valence-electron chi connectivity index (χ0n) is 15.6. The van der Waals surface area contributed by atoms with Gasteiger partial charge in [-0.25, -0.2) is 4.68 Å². The number of hydrogen-bond acceptors (Lipinski definition) is 4. The first-order valence-corrected chi connectivity index (χ1v) is 8.95. The van der Waals surface area contributed by atoms with Gasteiger partial charge in [0.1, 0.15) is 5.76 Å². The fraction of sp³-hybridized carbons (Fsp3) is 0.263. The van der Waals surface area contributed by atoms with Gasteiger partial charge in [0.25, 0.3) is 5.91 Å². The molecule has 1 atom stereocenters. The second-order valence-electron chi connectivity index (χ2n) is 6.50. The monoisotopic (exact) mass is 426 g/mol. The molecule has 29 heavy (non-hydrogen) atoms. The molecule has 0 radical (unpaired) electrons. The summed E-state index contributed by atoms with van der Waals surface area (Å²) in [5.74, 6) is -0.301. The molecule has 3 rings (SSSR count). The third kappa shape index (κ3) is 4.63. The van der Waals surface area contributed by atoms with Crippen LogP contribution in [-0.4, -0.2) is 41.2 Å². The molecular formula is C19H18ClF3N4O2. The molecule has 0 aliphatic rings. The molecule has 154 valence electrons. The van der Waals surface area contributed by atoms with Crippen LogP contribution in [0.4, 0.5) is 13.2 Å². The van der Waals surface area contributed by atoms with E-state index in [1.165, 1.54) is 30.5 Å². The van der Waals surface area contributed by atoms with Gasteiger partial charge in [0.15, 0.2) is 5.69 Å². The highest BCUT2D eigenvalue weighted by molar-refractivity contribution is 6.30. The first-order valence-electron chi connectivity index (χ1n) is 8.57. The standard InChI is InChI=1S/C19H18ClF3N4O2/c1-26(2)15(16-7-4-8-29-16)11-24-18(28)14-10-25-27(17(14)19(21,22)23)13-6-3-5-12(20)9-13/h3-10,15H,11H2,1-2H3,(H,24,28). The molecule has 1 amide bonds. The number of hydrogen-bond donors (Lipinski definition) is 1. The minimum absolute atomic E-state index is 0.0546. The third-order valence-electron chi connectivity index (χ3n) is 4.29. The van der Waals surface area contributed by atoms with Crippen LogP contribution in [0.15, 0.2) is 53.3 Å². The summed E-state index contributed by atoms with van der Waals surface area (Å²) >= 11 is 5.88. The second kappa shape index (κ2) is 8.30. The smallest absolute Gasteiger partial charge is 0.434 e. The van der Waals surface area contributed by atoms with E-state index in [9.17, 15) is 18.0 Å². The second-order valence-corrected chi connectivity index (χ2v) is 6.94. The van der Waals surface area contributed by atoms with Gasteiger partial charge in [-0.2, -0.15) is 18.3 Å². The predicted octanol–water partition coefficient (Wildman–Crippen LogP) is 4.17. The first-order chi connectivity index (χ1) is 13.7. The maximum absolute atomic E-state index is 13.7. The number of carbonyl (C=O) groups is 1. The molecule has 2 aromatic heterocycles. The number of likely N-dealkylation sites (N-methyl/N-ethyl adjacent to an activating group) is 1. The van der Waals surface area contributed by atoms with Gasteiger partial charge in [-0.1, -0.05) is 17.7 Å². The van der Waals surface area contributed by atoms with Crippen LogP contribution < -0.4 is 5.32 Å². The highest BCUT2D eigenvalue weighted by Gasteiger charge is 2.40. The van der Waals surface area contributed by atoms with Crippen LogP contribution in [0, 0.1) is 0 Å². The zero-order chi connectivity index (χ0) is 21.2. The number of rotatable bonds is 6. The van der Waals surface area contributed by atoms with E-state index in [1.54, 1.807) is 31.1 Å². The van der Waals surface area contributed by atoms with E-state index in [0.717, 1.165) is 6.20 Å². The summed E-state index contributed by atoms with van der Waals surface area (Å²) in [5.41, 5.74) is -1.64. The number of alkyl halides is 3. The lowest BCUT2D eigenvalue weighted by atomic mass is 10.1. The highest BCUT2D eigenvalue weighted by Crippen LogP contribution is 2.34. The summed E-state index contributed by atoms with van der Waals surface area (Å²) in [6.45, 7) is 0.0546. The number of nitrogens with one attached hydrogen (secondary N) is 1. The van der Waals surface area contributed by atoms with Crippen molar-refractivity contribution in [1.82, 2.24) is 20.0 Å². The summed E-state index contributed by atoms with van der Waals surface area (Å²) in [5, 5.41) is 6.57. The van der Waals surface area contributed by atoms with Gasteiger partial charge >= 0.3 is 6.18 Å². The molecule has 0 saturated carbocycles. The number of halogens is 4. The topological polar surface area (TPSA) is 63.3 Å². The van der Waals surface area contributed by atoms with Crippen molar-refractivity contribution in [3.05, 3.63) is 70.9 Å². The molecule has 0 aliphatic carbocycles. The van der Waals surface area contributed by atoms with E-state index < -0.39 is 23.3 Å². The maximum Gasteiger partial charge on any atom is 0.434 e. The Morgan fingerprint density at radius 2 is 2.07 bits per heavy atom. The number of carbonyl (C=O) groups excluding carboxylic acids is 1. The number of furan rings is 1. The summed E-state index contributed by atoms with van der Waals surface area (Å²) in [7, 11) is 3.55. The van der Waals surface area contributed by atoms with Crippen LogP contribution in [-0.2, 0) is 6.18 Å². The van der Waals surface area contributed by atoms with Crippen molar-refractivity contribution in [2.45, 2.75) is 12.2 Å². The number of amides is 1. The Kier molecular flexibility index (Phi) is 5.99. The molecular weight excluding hydrogens is 409 g/mol. The molecule has 3 aromatic rings. The van der Waals surface area contributed by atoms with Crippen LogP contribution in [0.1, 0.15) is 27.9 Å². The average molecular weight is 427 g/mol. The molecule has 0 spiro atoms. The Morgan fingerprint density at radius 1 is 1.31 bits per heavy atom. The fourth-order valence-corrected chi connectivity index (χ4v) is 3.08. The van der Waals surface area contributed by atoms with Gasteiger partial charge in [0.2, 0.25) is 0 Å². The van der Waals surface area contributed by atoms with Gasteiger partial charge in [0.05, 0.1) is 29.8 Å². The normalized spacial score (nSPS) is 12.9. The van der Waals surface area contributed by atoms with E-state index >= 15 is 0 Å². The van der Waals surface area contributed by atoms with E-state index in [4.69, 9.17) is 16.0 Å². The first kappa shape index (κ1) is 20.9. The minimum atomic E-state index is -4.80. The van der Waals surface area contributed by atoms with Gasteiger partial charge in [-0.05, 0) is 44.4 Å². The summed E-state index contributed by atoms with van der Waals surface area (Å²) in [4.78, 5) is 14.4. The van der Waals surface area contributed by atoms with Crippen molar-refractivity contribution in [2.75, 3.05) is 20.6 Å². The van der Waals surface area contributed by atoms with Crippen molar-refractivity contribution in [3.8, 4) is 5.69 Å². The van der Waals surface area contributed by atoms with Gasteiger partial charge in [-0.3, -0.25) is 9.69 Å². The quantitative estimate of drug-likeness (QED) is 0.642. The van der Waals surface area contributed by atoms with Crippen molar-refractivity contribution in [2.24, 2.45) is 0 Å². The molecule has 1 unspecified atom stereocenters. The number of benzene rings is 1. The SMILES string of the molecule is CN(C)C(CNC(=O)c1cnn(-c2cccc(Cl)c2)c1C(F)(F)F)c1ccco1. The van der Waals surface area contributed by atoms with Gasteiger partial charge in [0, 0.05) is 11.6 Å². The Morgan fingerprint density at radius 3 is 2.66 bits per heavy atom. The van der Waals surface area contributed by atoms with Crippen LogP contribution >= 0.6 is 11.6 Å². The summed E-state index contributed by atoms with van der Waals surface area (Å²) in [6, 6.07) is 8.89. The third-order valence-corrected chi connectivity index (χ3v) is 4.52. The van der Waals surface area contributed by atoms with Gasteiger partial charge < -0.3 is 9.73 Å². The van der Waals surface area contributed by atoms with Crippen LogP contribution in [0.5, 0.6) is 0 Å². The lowest BCUT2D eigenvalue weighted by Crippen LogP contribution is -2.35. The summed E-state index contributed by atoms with van der Waals surface area (Å²) in [6.07, 6.45) is -2.41. The molecule has 2 heterocycles. The molecule has 6 nitrogen and oxygen atoms in total. The molecule has 1 N–H and O–H groups in total. The molecule has 0 fully saturated rings. The fourth-order valence-electron chi connectivity index (χ4n) is 2.89. The van der Waals surface area contributed by atoms with E-state index in [-0.39, 0.29) is 23.3 Å². The van der Waals surface area contributed by atoms with E-state index in [1.807, 2.05) is 0 Å². The molecule has 0 saturated heterocycles. The van der Waals surface area contributed by atoms with Crippen molar-refractivity contribution in [1.29, 1.82) is 0 Å². The lowest BCUT2D eigenvalue weighted by Gasteiger charge is -2.22. The molecule has 0 aliphatic heterocycles. The van der Waals surface area contributed by atoms with Crippen molar-refractivity contribution >= 4 is 17.5 Å². The van der Waals surface area contributed by atoms with Crippen molar-refractivity contribution < 1.29 is 22.4 Å². The highest BCUT2D eigenvalue weighted by atomic mass is 35.5. The number of nitrogens with zero attached hydrogens (tertiary/aromatic N) is 3.